The van der Waals surface area contributed by atoms with Gasteiger partial charge in [0.25, 0.3) is 0 Å². The Labute approximate surface area is 284 Å². The summed E-state index contributed by atoms with van der Waals surface area (Å²) in [5.74, 6) is 0. The van der Waals surface area contributed by atoms with Crippen LogP contribution in [0.25, 0.3) is 98.8 Å². The number of para-hydroxylation sites is 1. The Morgan fingerprint density at radius 2 is 0.796 bits per heavy atom. The topological polar surface area (TPSA) is 13.1 Å². The summed E-state index contributed by atoms with van der Waals surface area (Å²) in [6.45, 7) is 0. The van der Waals surface area contributed by atoms with E-state index in [1.54, 1.807) is 0 Å². The van der Waals surface area contributed by atoms with Crippen molar-refractivity contribution in [2.45, 2.75) is 0 Å². The molecule has 0 saturated heterocycles. The molecule has 0 fully saturated rings. The minimum absolute atomic E-state index is 0.918. The number of furan rings is 1. The number of rotatable bonds is 4. The average Bonchev–Trinajstić information content (AvgIpc) is 3.53. The van der Waals surface area contributed by atoms with E-state index in [2.05, 4.69) is 170 Å². The lowest BCUT2D eigenvalue weighted by Gasteiger charge is -2.22. The Hall–Kier alpha value is -6.44. The molecule has 9 aromatic carbocycles. The van der Waals surface area contributed by atoms with E-state index in [0.717, 1.165) is 21.9 Å². The first-order chi connectivity index (χ1) is 24.3. The van der Waals surface area contributed by atoms with E-state index in [-0.39, 0.29) is 0 Å². The molecule has 0 N–H and O–H groups in total. The fourth-order valence-electron chi connectivity index (χ4n) is 7.87. The Morgan fingerprint density at radius 3 is 1.41 bits per heavy atom. The monoisotopic (exact) mass is 622 g/mol. The van der Waals surface area contributed by atoms with E-state index in [1.165, 1.54) is 76.8 Å². The zero-order chi connectivity index (χ0) is 32.3. The van der Waals surface area contributed by atoms with Crippen LogP contribution < -0.4 is 0 Å². The lowest BCUT2D eigenvalue weighted by atomic mass is 9.81. The predicted octanol–water partition coefficient (Wildman–Crippen LogP) is 13.7. The lowest BCUT2D eigenvalue weighted by molar-refractivity contribution is 0.669. The third-order valence-electron chi connectivity index (χ3n) is 10.0. The van der Waals surface area contributed by atoms with Gasteiger partial charge in [0.05, 0.1) is 0 Å². The van der Waals surface area contributed by atoms with Gasteiger partial charge in [-0.3, -0.25) is 0 Å². The van der Waals surface area contributed by atoms with E-state index >= 15 is 0 Å². The molecule has 0 radical (unpaired) electrons. The first kappa shape index (κ1) is 27.7. The standard InChI is InChI=1S/C48H30O/c1-3-14-31(15-4-1)36-23-13-24-37(32-16-5-2-6-17-32)47(36)48-41-21-9-7-19-39(41)46(40-20-8-10-22-42(40)48)34-27-26-33-29-43-38-18-11-12-25-44(38)49-45(43)30-35(33)28-34/h1-30H. The van der Waals surface area contributed by atoms with Gasteiger partial charge in [0.15, 0.2) is 0 Å². The minimum atomic E-state index is 0.918. The summed E-state index contributed by atoms with van der Waals surface area (Å²) in [5, 5.41) is 9.64. The highest BCUT2D eigenvalue weighted by Crippen LogP contribution is 2.49. The first-order valence-electron chi connectivity index (χ1n) is 16.8. The van der Waals surface area contributed by atoms with E-state index in [9.17, 15) is 0 Å². The molecule has 1 aromatic heterocycles. The Kier molecular flexibility index (Phi) is 6.25. The maximum absolute atomic E-state index is 6.31. The second kappa shape index (κ2) is 11.1. The van der Waals surface area contributed by atoms with Crippen LogP contribution in [0.4, 0.5) is 0 Å². The van der Waals surface area contributed by atoms with E-state index < -0.39 is 0 Å². The van der Waals surface area contributed by atoms with Crippen LogP contribution in [0.15, 0.2) is 186 Å². The molecule has 0 spiro atoms. The SMILES string of the molecule is c1ccc(-c2cccc(-c3ccccc3)c2-c2c3ccccc3c(-c3ccc4cc5c(cc4c3)oc3ccccc35)c3ccccc23)cc1. The van der Waals surface area contributed by atoms with Crippen LogP contribution in [0.3, 0.4) is 0 Å². The smallest absolute Gasteiger partial charge is 0.136 e. The van der Waals surface area contributed by atoms with Gasteiger partial charge >= 0.3 is 0 Å². The van der Waals surface area contributed by atoms with Crippen LogP contribution in [-0.4, -0.2) is 0 Å². The summed E-state index contributed by atoms with van der Waals surface area (Å²) < 4.78 is 6.31. The van der Waals surface area contributed by atoms with Gasteiger partial charge in [-0.15, -0.1) is 0 Å². The lowest BCUT2D eigenvalue weighted by Crippen LogP contribution is -1.95. The van der Waals surface area contributed by atoms with E-state index in [1.807, 2.05) is 12.1 Å². The van der Waals surface area contributed by atoms with Crippen molar-refractivity contribution in [1.82, 2.24) is 0 Å². The largest absolute Gasteiger partial charge is 0.456 e. The first-order valence-corrected chi connectivity index (χ1v) is 16.8. The van der Waals surface area contributed by atoms with Crippen molar-refractivity contribution in [3.8, 4) is 44.5 Å². The summed E-state index contributed by atoms with van der Waals surface area (Å²) in [5.41, 5.74) is 11.7. The molecule has 0 aliphatic rings. The molecule has 49 heavy (non-hydrogen) atoms. The molecule has 0 saturated carbocycles. The fraction of sp³-hybridized carbons (Fsp3) is 0. The molecule has 1 heteroatoms. The molecular formula is C48H30O. The summed E-state index contributed by atoms with van der Waals surface area (Å²) >= 11 is 0. The van der Waals surface area contributed by atoms with Crippen molar-refractivity contribution >= 4 is 54.3 Å². The number of hydrogen-bond donors (Lipinski definition) is 0. The maximum Gasteiger partial charge on any atom is 0.136 e. The number of benzene rings is 9. The van der Waals surface area contributed by atoms with Crippen LogP contribution in [0, 0.1) is 0 Å². The van der Waals surface area contributed by atoms with Crippen LogP contribution in [0.5, 0.6) is 0 Å². The highest BCUT2D eigenvalue weighted by molar-refractivity contribution is 6.24. The predicted molar refractivity (Wildman–Crippen MR) is 208 cm³/mol. The molecular weight excluding hydrogens is 593 g/mol. The zero-order valence-corrected chi connectivity index (χ0v) is 26.7. The molecule has 10 aromatic rings. The second-order valence-corrected chi connectivity index (χ2v) is 12.8. The number of fused-ring (bicyclic) bond motifs is 6. The molecule has 228 valence electrons. The van der Waals surface area contributed by atoms with Crippen molar-refractivity contribution in [2.24, 2.45) is 0 Å². The zero-order valence-electron chi connectivity index (χ0n) is 26.7. The van der Waals surface area contributed by atoms with Gasteiger partial charge in [-0.05, 0) is 101 Å². The Balaban J connectivity index is 1.29. The molecule has 0 atom stereocenters. The van der Waals surface area contributed by atoms with Crippen molar-refractivity contribution in [3.05, 3.63) is 182 Å². The van der Waals surface area contributed by atoms with Gasteiger partial charge in [0.2, 0.25) is 0 Å². The summed E-state index contributed by atoms with van der Waals surface area (Å²) in [4.78, 5) is 0. The quantitative estimate of drug-likeness (QED) is 0.178. The summed E-state index contributed by atoms with van der Waals surface area (Å²) in [6, 6.07) is 65.9. The molecule has 0 unspecified atom stereocenters. The number of hydrogen-bond acceptors (Lipinski definition) is 1. The fourth-order valence-corrected chi connectivity index (χ4v) is 7.87. The molecule has 0 bridgehead atoms. The normalized spacial score (nSPS) is 11.7. The highest BCUT2D eigenvalue weighted by atomic mass is 16.3. The van der Waals surface area contributed by atoms with E-state index in [4.69, 9.17) is 4.42 Å². The average molecular weight is 623 g/mol. The van der Waals surface area contributed by atoms with Gasteiger partial charge < -0.3 is 4.42 Å². The van der Waals surface area contributed by atoms with Crippen molar-refractivity contribution < 1.29 is 4.42 Å². The minimum Gasteiger partial charge on any atom is -0.456 e. The molecule has 0 amide bonds. The van der Waals surface area contributed by atoms with Gasteiger partial charge in [-0.2, -0.15) is 0 Å². The molecule has 10 rings (SSSR count). The third-order valence-corrected chi connectivity index (χ3v) is 10.0. The summed E-state index contributed by atoms with van der Waals surface area (Å²) in [6.07, 6.45) is 0. The van der Waals surface area contributed by atoms with Crippen LogP contribution >= 0.6 is 0 Å². The molecule has 1 nitrogen and oxygen atoms in total. The van der Waals surface area contributed by atoms with Crippen LogP contribution in [-0.2, 0) is 0 Å². The van der Waals surface area contributed by atoms with Crippen molar-refractivity contribution in [1.29, 1.82) is 0 Å². The Morgan fingerprint density at radius 1 is 0.265 bits per heavy atom. The van der Waals surface area contributed by atoms with Crippen LogP contribution in [0.2, 0.25) is 0 Å². The van der Waals surface area contributed by atoms with Gasteiger partial charge in [0.1, 0.15) is 11.2 Å². The third kappa shape index (κ3) is 4.40. The van der Waals surface area contributed by atoms with Crippen molar-refractivity contribution in [2.75, 3.05) is 0 Å². The molecule has 1 heterocycles. The highest BCUT2D eigenvalue weighted by Gasteiger charge is 2.22. The Bertz CT molecular complexity index is 2750. The van der Waals surface area contributed by atoms with E-state index in [0.29, 0.717) is 0 Å². The van der Waals surface area contributed by atoms with Gasteiger partial charge in [0, 0.05) is 10.8 Å². The summed E-state index contributed by atoms with van der Waals surface area (Å²) in [7, 11) is 0. The molecule has 0 aliphatic carbocycles. The van der Waals surface area contributed by atoms with Crippen LogP contribution in [0.1, 0.15) is 0 Å². The molecule has 0 aliphatic heterocycles. The maximum atomic E-state index is 6.31. The van der Waals surface area contributed by atoms with Crippen molar-refractivity contribution in [3.63, 3.8) is 0 Å². The van der Waals surface area contributed by atoms with Gasteiger partial charge in [-0.25, -0.2) is 0 Å². The van der Waals surface area contributed by atoms with Gasteiger partial charge in [-0.1, -0.05) is 158 Å². The second-order valence-electron chi connectivity index (χ2n) is 12.8.